The summed E-state index contributed by atoms with van der Waals surface area (Å²) in [5.41, 5.74) is 7.93. The molecule has 0 spiro atoms. The van der Waals surface area contributed by atoms with Crippen LogP contribution >= 0.6 is 0 Å². The number of nitrogens with two attached hydrogens (primary N) is 1. The van der Waals surface area contributed by atoms with Crippen molar-refractivity contribution in [2.24, 2.45) is 0 Å². The van der Waals surface area contributed by atoms with E-state index in [1.165, 1.54) is 12.3 Å². The molecule has 0 fully saturated rings. The van der Waals surface area contributed by atoms with Gasteiger partial charge in [-0.3, -0.25) is 9.71 Å². The molecule has 0 aliphatic heterocycles. The van der Waals surface area contributed by atoms with Crippen molar-refractivity contribution in [3.8, 4) is 0 Å². The minimum atomic E-state index is -3.65. The number of hydrogen-bond donors (Lipinski definition) is 2. The van der Waals surface area contributed by atoms with Crippen molar-refractivity contribution < 1.29 is 8.42 Å². The van der Waals surface area contributed by atoms with Gasteiger partial charge >= 0.3 is 0 Å². The summed E-state index contributed by atoms with van der Waals surface area (Å²) in [5, 5.41) is 0. The molecule has 6 heteroatoms. The number of hydrogen-bond acceptors (Lipinski definition) is 4. The minimum absolute atomic E-state index is 0.174. The van der Waals surface area contributed by atoms with E-state index in [1.54, 1.807) is 31.2 Å². The molecule has 1 heterocycles. The molecule has 5 nitrogen and oxygen atoms in total. The average Bonchev–Trinajstić information content (AvgIpc) is 2.35. The number of rotatable bonds is 3. The van der Waals surface area contributed by atoms with Gasteiger partial charge in [0.15, 0.2) is 0 Å². The minimum Gasteiger partial charge on any atom is -0.399 e. The van der Waals surface area contributed by atoms with Gasteiger partial charge in [0.2, 0.25) is 0 Å². The lowest BCUT2D eigenvalue weighted by molar-refractivity contribution is 0.600. The van der Waals surface area contributed by atoms with Crippen molar-refractivity contribution in [2.75, 3.05) is 10.5 Å². The first kappa shape index (κ1) is 13.4. The van der Waals surface area contributed by atoms with Gasteiger partial charge in [-0.2, -0.15) is 0 Å². The molecule has 2 rings (SSSR count). The van der Waals surface area contributed by atoms with Gasteiger partial charge in [0.25, 0.3) is 10.0 Å². The molecule has 0 radical (unpaired) electrons. The van der Waals surface area contributed by atoms with E-state index >= 15 is 0 Å². The Morgan fingerprint density at radius 1 is 1.16 bits per heavy atom. The quantitative estimate of drug-likeness (QED) is 0.841. The van der Waals surface area contributed by atoms with E-state index in [2.05, 4.69) is 9.71 Å². The second-order valence-electron chi connectivity index (χ2n) is 4.32. The lowest BCUT2D eigenvalue weighted by atomic mass is 10.2. The zero-order valence-electron chi connectivity index (χ0n) is 10.7. The highest BCUT2D eigenvalue weighted by atomic mass is 32.2. The highest BCUT2D eigenvalue weighted by Crippen LogP contribution is 2.21. The molecule has 0 aliphatic carbocycles. The van der Waals surface area contributed by atoms with E-state index in [-0.39, 0.29) is 4.90 Å². The second-order valence-corrected chi connectivity index (χ2v) is 5.97. The van der Waals surface area contributed by atoms with Crippen LogP contribution < -0.4 is 10.5 Å². The molecule has 0 bridgehead atoms. The first-order chi connectivity index (χ1) is 8.88. The van der Waals surface area contributed by atoms with Crippen LogP contribution in [0, 0.1) is 13.8 Å². The smallest absolute Gasteiger partial charge is 0.262 e. The highest BCUT2D eigenvalue weighted by Gasteiger charge is 2.17. The van der Waals surface area contributed by atoms with Gasteiger partial charge in [-0.05, 0) is 43.7 Å². The van der Waals surface area contributed by atoms with Gasteiger partial charge < -0.3 is 5.73 Å². The van der Waals surface area contributed by atoms with Crippen LogP contribution in [-0.4, -0.2) is 13.4 Å². The molecule has 1 aromatic carbocycles. The first-order valence-electron chi connectivity index (χ1n) is 5.70. The normalized spacial score (nSPS) is 11.3. The Hall–Kier alpha value is -2.08. The van der Waals surface area contributed by atoms with Crippen LogP contribution in [0.5, 0.6) is 0 Å². The lowest BCUT2D eigenvalue weighted by Crippen LogP contribution is -2.14. The van der Waals surface area contributed by atoms with Crippen LogP contribution in [0.2, 0.25) is 0 Å². The maximum absolute atomic E-state index is 12.3. The van der Waals surface area contributed by atoms with Crippen LogP contribution in [0.15, 0.2) is 41.4 Å². The first-order valence-corrected chi connectivity index (χ1v) is 7.18. The van der Waals surface area contributed by atoms with Crippen LogP contribution in [0.25, 0.3) is 0 Å². The van der Waals surface area contributed by atoms with E-state index in [0.29, 0.717) is 16.9 Å². The molecule has 19 heavy (non-hydrogen) atoms. The fourth-order valence-corrected chi connectivity index (χ4v) is 2.97. The summed E-state index contributed by atoms with van der Waals surface area (Å²) < 4.78 is 27.0. The van der Waals surface area contributed by atoms with Gasteiger partial charge in [0.1, 0.15) is 0 Å². The molecule has 3 N–H and O–H groups in total. The largest absolute Gasteiger partial charge is 0.399 e. The molecule has 1 aromatic heterocycles. The Labute approximate surface area is 112 Å². The molecule has 0 saturated heterocycles. The molecular formula is C13H15N3O2S. The van der Waals surface area contributed by atoms with Crippen LogP contribution in [0.3, 0.4) is 0 Å². The zero-order valence-corrected chi connectivity index (χ0v) is 11.5. The van der Waals surface area contributed by atoms with E-state index in [0.717, 1.165) is 5.69 Å². The van der Waals surface area contributed by atoms with Crippen LogP contribution in [0.4, 0.5) is 11.4 Å². The molecular weight excluding hydrogens is 262 g/mol. The number of aryl methyl sites for hydroxylation is 2. The molecule has 0 atom stereocenters. The Morgan fingerprint density at radius 2 is 1.89 bits per heavy atom. The van der Waals surface area contributed by atoms with Crippen molar-refractivity contribution in [3.63, 3.8) is 0 Å². The molecule has 0 amide bonds. The predicted octanol–water partition coefficient (Wildman–Crippen LogP) is 2.08. The van der Waals surface area contributed by atoms with Crippen LogP contribution in [-0.2, 0) is 10.0 Å². The SMILES string of the molecule is Cc1ccc(NS(=O)(=O)c2cc(N)ccc2C)cn1. The number of sulfonamides is 1. The van der Waals surface area contributed by atoms with E-state index in [4.69, 9.17) is 5.73 Å². The van der Waals surface area contributed by atoms with Crippen molar-refractivity contribution in [3.05, 3.63) is 47.8 Å². The number of aromatic nitrogens is 1. The van der Waals surface area contributed by atoms with Crippen molar-refractivity contribution in [1.29, 1.82) is 0 Å². The monoisotopic (exact) mass is 277 g/mol. The van der Waals surface area contributed by atoms with Crippen molar-refractivity contribution in [1.82, 2.24) is 4.98 Å². The van der Waals surface area contributed by atoms with Gasteiger partial charge in [-0.25, -0.2) is 8.42 Å². The second kappa shape index (κ2) is 4.89. The van der Waals surface area contributed by atoms with E-state index in [1.807, 2.05) is 6.92 Å². The summed E-state index contributed by atoms with van der Waals surface area (Å²) in [6, 6.07) is 8.20. The van der Waals surface area contributed by atoms with Crippen molar-refractivity contribution in [2.45, 2.75) is 18.7 Å². The maximum atomic E-state index is 12.3. The highest BCUT2D eigenvalue weighted by molar-refractivity contribution is 7.92. The third kappa shape index (κ3) is 3.03. The van der Waals surface area contributed by atoms with Gasteiger partial charge in [0, 0.05) is 11.4 Å². The topological polar surface area (TPSA) is 85.1 Å². The molecule has 0 unspecified atom stereocenters. The lowest BCUT2D eigenvalue weighted by Gasteiger charge is -2.10. The van der Waals surface area contributed by atoms with Gasteiger partial charge in [0.05, 0.1) is 16.8 Å². The summed E-state index contributed by atoms with van der Waals surface area (Å²) in [7, 11) is -3.65. The predicted molar refractivity (Wildman–Crippen MR) is 75.4 cm³/mol. The summed E-state index contributed by atoms with van der Waals surface area (Å²) in [6.07, 6.45) is 1.48. The molecule has 100 valence electrons. The number of anilines is 2. The Balaban J connectivity index is 2.37. The zero-order chi connectivity index (χ0) is 14.0. The summed E-state index contributed by atoms with van der Waals surface area (Å²) >= 11 is 0. The van der Waals surface area contributed by atoms with Gasteiger partial charge in [-0.1, -0.05) is 6.07 Å². The summed E-state index contributed by atoms with van der Waals surface area (Å²) in [6.45, 7) is 3.56. The molecule has 2 aromatic rings. The standard InChI is InChI=1S/C13H15N3O2S/c1-9-3-5-11(14)7-13(9)19(17,18)16-12-6-4-10(2)15-8-12/h3-8,16H,14H2,1-2H3. The van der Waals surface area contributed by atoms with Crippen LogP contribution in [0.1, 0.15) is 11.3 Å². The van der Waals surface area contributed by atoms with E-state index in [9.17, 15) is 8.42 Å². The van der Waals surface area contributed by atoms with E-state index < -0.39 is 10.0 Å². The fraction of sp³-hybridized carbons (Fsp3) is 0.154. The Kier molecular flexibility index (Phi) is 3.44. The summed E-state index contributed by atoms with van der Waals surface area (Å²) in [4.78, 5) is 4.22. The van der Waals surface area contributed by atoms with Gasteiger partial charge in [-0.15, -0.1) is 0 Å². The number of nitrogens with zero attached hydrogens (tertiary/aromatic N) is 1. The molecule has 0 saturated carbocycles. The number of nitrogen functional groups attached to an aromatic ring is 1. The maximum Gasteiger partial charge on any atom is 0.262 e. The fourth-order valence-electron chi connectivity index (χ4n) is 1.64. The molecule has 0 aliphatic rings. The number of pyridine rings is 1. The Morgan fingerprint density at radius 3 is 2.53 bits per heavy atom. The van der Waals surface area contributed by atoms with Crippen molar-refractivity contribution >= 4 is 21.4 Å². The number of benzene rings is 1. The summed E-state index contributed by atoms with van der Waals surface area (Å²) in [5.74, 6) is 0. The number of nitrogens with one attached hydrogen (secondary N) is 1. The Bertz CT molecular complexity index is 694. The third-order valence-corrected chi connectivity index (χ3v) is 4.19. The average molecular weight is 277 g/mol. The third-order valence-electron chi connectivity index (χ3n) is 2.67.